The van der Waals surface area contributed by atoms with E-state index in [-0.39, 0.29) is 6.15 Å². The van der Waals surface area contributed by atoms with Crippen molar-refractivity contribution in [3.63, 3.8) is 0 Å². The number of aryl methyl sites for hydroxylation is 1. The van der Waals surface area contributed by atoms with Crippen LogP contribution in [0.15, 0.2) is 30.5 Å². The van der Waals surface area contributed by atoms with E-state index in [4.69, 9.17) is 14.3 Å². The zero-order valence-electron chi connectivity index (χ0n) is 9.21. The molecule has 2 rings (SSSR count). The zero-order valence-corrected chi connectivity index (χ0v) is 9.21. The summed E-state index contributed by atoms with van der Waals surface area (Å²) in [6.45, 7) is 2.12. The Morgan fingerprint density at radius 3 is 2.41 bits per heavy atom. The van der Waals surface area contributed by atoms with E-state index in [1.165, 1.54) is 11.8 Å². The summed E-state index contributed by atoms with van der Waals surface area (Å²) in [4.78, 5) is 16.2. The molecule has 0 saturated carbocycles. The molecule has 1 heterocycles. The van der Waals surface area contributed by atoms with E-state index >= 15 is 0 Å². The topological polar surface area (TPSA) is 84.9 Å². The molecular formula is C11H11N3O3. The minimum atomic E-state index is 0.250. The third-order valence-corrected chi connectivity index (χ3v) is 1.95. The molecule has 1 N–H and O–H groups in total. The van der Waals surface area contributed by atoms with E-state index in [0.717, 1.165) is 12.2 Å². The molecule has 1 aromatic heterocycles. The molecule has 1 aromatic carbocycles. The van der Waals surface area contributed by atoms with Gasteiger partial charge in [0, 0.05) is 0 Å². The summed E-state index contributed by atoms with van der Waals surface area (Å²) in [5.41, 5.74) is 1.29. The summed E-state index contributed by atoms with van der Waals surface area (Å²) in [7, 11) is 0. The average Bonchev–Trinajstić information content (AvgIpc) is 2.84. The van der Waals surface area contributed by atoms with Gasteiger partial charge < -0.3 is 4.74 Å². The van der Waals surface area contributed by atoms with Crippen LogP contribution in [0.4, 0.5) is 0 Å². The van der Waals surface area contributed by atoms with Crippen molar-refractivity contribution in [2.24, 2.45) is 0 Å². The molecule has 17 heavy (non-hydrogen) atoms. The Labute approximate surface area is 97.6 Å². The van der Waals surface area contributed by atoms with Gasteiger partial charge in [0.2, 0.25) is 0 Å². The van der Waals surface area contributed by atoms with E-state index < -0.39 is 0 Å². The predicted octanol–water partition coefficient (Wildman–Crippen LogP) is 1.58. The first kappa shape index (κ1) is 12.6. The van der Waals surface area contributed by atoms with E-state index in [1.54, 1.807) is 0 Å². The zero-order chi connectivity index (χ0) is 12.5. The molecule has 0 spiro atoms. The number of benzene rings is 1. The first-order chi connectivity index (χ1) is 8.30. The second-order valence-corrected chi connectivity index (χ2v) is 2.99. The van der Waals surface area contributed by atoms with E-state index in [0.29, 0.717) is 5.88 Å². The average molecular weight is 233 g/mol. The highest BCUT2D eigenvalue weighted by Gasteiger charge is 1.98. The Morgan fingerprint density at radius 2 is 1.94 bits per heavy atom. The molecule has 88 valence electrons. The second kappa shape index (κ2) is 6.92. The number of rotatable bonds is 3. The van der Waals surface area contributed by atoms with Crippen molar-refractivity contribution in [3.8, 4) is 11.6 Å². The van der Waals surface area contributed by atoms with Crippen LogP contribution in [0, 0.1) is 0 Å². The molecule has 0 aliphatic carbocycles. The fourth-order valence-electron chi connectivity index (χ4n) is 1.15. The molecule has 0 fully saturated rings. The Kier molecular flexibility index (Phi) is 5.13. The predicted molar refractivity (Wildman–Crippen MR) is 57.3 cm³/mol. The van der Waals surface area contributed by atoms with Gasteiger partial charge in [-0.05, 0) is 24.1 Å². The van der Waals surface area contributed by atoms with Gasteiger partial charge in [0.05, 0.1) is 0 Å². The van der Waals surface area contributed by atoms with Crippen molar-refractivity contribution >= 4 is 6.15 Å². The maximum absolute atomic E-state index is 8.12. The van der Waals surface area contributed by atoms with E-state index in [1.807, 2.05) is 24.3 Å². The second-order valence-electron chi connectivity index (χ2n) is 2.99. The number of hydrogen-bond donors (Lipinski definition) is 1. The van der Waals surface area contributed by atoms with Gasteiger partial charge in [-0.3, -0.25) is 0 Å². The lowest BCUT2D eigenvalue weighted by molar-refractivity contribution is -0.191. The van der Waals surface area contributed by atoms with Crippen LogP contribution in [0.3, 0.4) is 0 Å². The maximum Gasteiger partial charge on any atom is 0.373 e. The first-order valence-corrected chi connectivity index (χ1v) is 4.92. The van der Waals surface area contributed by atoms with Crippen molar-refractivity contribution < 1.29 is 14.3 Å². The van der Waals surface area contributed by atoms with Crippen LogP contribution in [0.2, 0.25) is 0 Å². The summed E-state index contributed by atoms with van der Waals surface area (Å²) in [5, 5.41) is 9.93. The molecule has 2 aromatic rings. The molecule has 0 aliphatic rings. The summed E-state index contributed by atoms with van der Waals surface area (Å²) in [5.74, 6) is 1.25. The smallest absolute Gasteiger partial charge is 0.373 e. The summed E-state index contributed by atoms with van der Waals surface area (Å²) in [6.07, 6.45) is 2.82. The van der Waals surface area contributed by atoms with Crippen molar-refractivity contribution in [1.29, 1.82) is 0 Å². The molecule has 0 unspecified atom stereocenters. The van der Waals surface area contributed by atoms with Gasteiger partial charge in [-0.15, -0.1) is 5.10 Å². The van der Waals surface area contributed by atoms with Crippen LogP contribution in [-0.4, -0.2) is 21.6 Å². The minimum Gasteiger partial charge on any atom is -0.436 e. The maximum atomic E-state index is 8.12. The fourth-order valence-corrected chi connectivity index (χ4v) is 1.15. The molecule has 0 atom stereocenters. The molecule has 0 radical (unpaired) electrons. The summed E-state index contributed by atoms with van der Waals surface area (Å²) in [6, 6.07) is 7.92. The standard InChI is InChI=1S/C10H11N3O.CO2/c1-2-8-3-5-9(6-4-8)14-10-7-11-13-12-10;2-1-3/h3-7H,2H2,1H3,(H,11,12,13);. The van der Waals surface area contributed by atoms with Gasteiger partial charge in [0.1, 0.15) is 11.9 Å². The molecule has 6 nitrogen and oxygen atoms in total. The Hall–Kier alpha value is -2.46. The van der Waals surface area contributed by atoms with Crippen LogP contribution in [0.5, 0.6) is 11.6 Å². The number of carbonyl (C=O) groups excluding carboxylic acids is 2. The highest BCUT2D eigenvalue weighted by Crippen LogP contribution is 2.18. The number of nitrogens with zero attached hydrogens (tertiary/aromatic N) is 2. The lowest BCUT2D eigenvalue weighted by atomic mass is 10.2. The van der Waals surface area contributed by atoms with Gasteiger partial charge in [0.15, 0.2) is 0 Å². The van der Waals surface area contributed by atoms with Crippen LogP contribution in [0.1, 0.15) is 12.5 Å². The van der Waals surface area contributed by atoms with Gasteiger partial charge in [0.25, 0.3) is 5.88 Å². The number of hydrogen-bond acceptors (Lipinski definition) is 5. The molecule has 0 saturated heterocycles. The van der Waals surface area contributed by atoms with Gasteiger partial charge in [-0.1, -0.05) is 19.1 Å². The van der Waals surface area contributed by atoms with E-state index in [2.05, 4.69) is 22.3 Å². The molecule has 0 bridgehead atoms. The Balaban J connectivity index is 0.000000437. The minimum absolute atomic E-state index is 0.250. The van der Waals surface area contributed by atoms with Crippen LogP contribution in [0.25, 0.3) is 0 Å². The molecule has 6 heteroatoms. The Bertz CT molecular complexity index is 459. The Morgan fingerprint density at radius 1 is 1.29 bits per heavy atom. The van der Waals surface area contributed by atoms with Gasteiger partial charge in [-0.2, -0.15) is 19.9 Å². The van der Waals surface area contributed by atoms with Gasteiger partial charge in [-0.25, -0.2) is 0 Å². The van der Waals surface area contributed by atoms with Crippen molar-refractivity contribution in [2.75, 3.05) is 0 Å². The van der Waals surface area contributed by atoms with Crippen molar-refractivity contribution in [2.45, 2.75) is 13.3 Å². The number of nitrogens with one attached hydrogen (secondary N) is 1. The van der Waals surface area contributed by atoms with Crippen LogP contribution >= 0.6 is 0 Å². The fraction of sp³-hybridized carbons (Fsp3) is 0.182. The molecule has 0 amide bonds. The van der Waals surface area contributed by atoms with Crippen molar-refractivity contribution in [3.05, 3.63) is 36.0 Å². The van der Waals surface area contributed by atoms with Crippen LogP contribution in [-0.2, 0) is 16.0 Å². The first-order valence-electron chi connectivity index (χ1n) is 4.92. The summed E-state index contributed by atoms with van der Waals surface area (Å²) < 4.78 is 5.41. The lowest BCUT2D eigenvalue weighted by Gasteiger charge is -2.01. The van der Waals surface area contributed by atoms with Crippen molar-refractivity contribution in [1.82, 2.24) is 15.4 Å². The number of H-pyrrole nitrogens is 1. The highest BCUT2D eigenvalue weighted by molar-refractivity contribution is 5.29. The number of aromatic amines is 1. The normalized spacial score (nSPS) is 8.76. The number of ether oxygens (including phenoxy) is 1. The van der Waals surface area contributed by atoms with Crippen LogP contribution < -0.4 is 4.74 Å². The molecular weight excluding hydrogens is 222 g/mol. The third kappa shape index (κ3) is 4.27. The highest BCUT2D eigenvalue weighted by atomic mass is 16.5. The monoisotopic (exact) mass is 233 g/mol. The third-order valence-electron chi connectivity index (χ3n) is 1.95. The lowest BCUT2D eigenvalue weighted by Crippen LogP contribution is -1.85. The van der Waals surface area contributed by atoms with E-state index in [9.17, 15) is 0 Å². The summed E-state index contributed by atoms with van der Waals surface area (Å²) >= 11 is 0. The van der Waals surface area contributed by atoms with Gasteiger partial charge >= 0.3 is 6.15 Å². The SMILES string of the molecule is CCc1ccc(Oc2cn[nH]n2)cc1.O=C=O. The quantitative estimate of drug-likeness (QED) is 0.869. The number of aromatic nitrogens is 3. The molecule has 0 aliphatic heterocycles. The largest absolute Gasteiger partial charge is 0.436 e.